The first kappa shape index (κ1) is 24.9. The van der Waals surface area contributed by atoms with Crippen molar-refractivity contribution in [2.24, 2.45) is 26.4 Å². The van der Waals surface area contributed by atoms with Crippen LogP contribution in [0.1, 0.15) is 15.9 Å². The first-order valence-corrected chi connectivity index (χ1v) is 11.6. The lowest BCUT2D eigenvalue weighted by Crippen LogP contribution is -2.71. The van der Waals surface area contributed by atoms with E-state index in [-0.39, 0.29) is 42.1 Å². The van der Waals surface area contributed by atoms with Gasteiger partial charge in [0.15, 0.2) is 5.96 Å². The number of hydrogen-bond donors (Lipinski definition) is 8. The van der Waals surface area contributed by atoms with Crippen LogP contribution in [-0.2, 0) is 4.79 Å². The highest BCUT2D eigenvalue weighted by Gasteiger charge is 2.72. The summed E-state index contributed by atoms with van der Waals surface area (Å²) >= 11 is 0. The second-order valence-corrected chi connectivity index (χ2v) is 9.25. The fourth-order valence-corrected chi connectivity index (χ4v) is 4.93. The summed E-state index contributed by atoms with van der Waals surface area (Å²) in [6, 6.07) is 3.92. The van der Waals surface area contributed by atoms with Crippen LogP contribution in [0.15, 0.2) is 63.3 Å². The van der Waals surface area contributed by atoms with Gasteiger partial charge < -0.3 is 47.8 Å². The maximum Gasteiger partial charge on any atom is 0.323 e. The summed E-state index contributed by atoms with van der Waals surface area (Å²) in [5, 5.41) is 32.9. The molecule has 1 spiro atoms. The van der Waals surface area contributed by atoms with Crippen molar-refractivity contribution < 1.29 is 24.6 Å². The summed E-state index contributed by atoms with van der Waals surface area (Å²) in [7, 11) is 0. The molecule has 0 bridgehead atoms. The third kappa shape index (κ3) is 3.84. The number of urea groups is 1. The molecule has 0 radical (unpaired) electrons. The summed E-state index contributed by atoms with van der Waals surface area (Å²) in [4.78, 5) is 51.4. The van der Waals surface area contributed by atoms with Gasteiger partial charge in [-0.3, -0.25) is 9.59 Å². The molecule has 15 nitrogen and oxygen atoms in total. The molecule has 1 unspecified atom stereocenters. The van der Waals surface area contributed by atoms with Crippen molar-refractivity contribution in [1.29, 1.82) is 0 Å². The van der Waals surface area contributed by atoms with Crippen molar-refractivity contribution in [1.82, 2.24) is 26.2 Å². The van der Waals surface area contributed by atoms with E-state index >= 15 is 0 Å². The van der Waals surface area contributed by atoms with Gasteiger partial charge in [-0.25, -0.2) is 19.8 Å². The number of hydrogen-bond acceptors (Lipinski definition) is 11. The van der Waals surface area contributed by atoms with Gasteiger partial charge in [-0.2, -0.15) is 0 Å². The van der Waals surface area contributed by atoms with Crippen molar-refractivity contribution in [3.63, 3.8) is 0 Å². The lowest BCUT2D eigenvalue weighted by molar-refractivity contribution is -0.199. The monoisotopic (exact) mass is 522 g/mol. The number of rotatable bonds is 5. The smallest absolute Gasteiger partial charge is 0.323 e. The Morgan fingerprint density at radius 3 is 2.74 bits per heavy atom. The zero-order chi connectivity index (χ0) is 27.4. The van der Waals surface area contributed by atoms with Gasteiger partial charge in [0, 0.05) is 24.4 Å². The third-order valence-corrected chi connectivity index (χ3v) is 6.63. The Morgan fingerprint density at radius 1 is 1.26 bits per heavy atom. The number of aryl methyl sites for hydroxylation is 1. The number of guanidine groups is 2. The van der Waals surface area contributed by atoms with E-state index in [1.807, 2.05) is 13.0 Å². The second kappa shape index (κ2) is 8.67. The summed E-state index contributed by atoms with van der Waals surface area (Å²) in [5.74, 6) is -4.27. The van der Waals surface area contributed by atoms with Gasteiger partial charge in [-0.1, -0.05) is 24.3 Å². The fraction of sp³-hybridized carbons (Fsp3) is 0.304. The minimum absolute atomic E-state index is 0.0227. The van der Waals surface area contributed by atoms with Crippen LogP contribution in [0.4, 0.5) is 4.79 Å². The zero-order valence-corrected chi connectivity index (χ0v) is 20.2. The van der Waals surface area contributed by atoms with Crippen LogP contribution in [0, 0.1) is 6.92 Å². The molecular weight excluding hydrogens is 496 g/mol. The Bertz CT molecular complexity index is 1400. The van der Waals surface area contributed by atoms with Crippen molar-refractivity contribution in [2.45, 2.75) is 30.5 Å². The number of nitrogens with two attached hydrogens (primary N) is 2. The molecule has 4 aliphatic rings. The van der Waals surface area contributed by atoms with Crippen LogP contribution in [0.5, 0.6) is 0 Å². The molecule has 15 heteroatoms. The average Bonchev–Trinajstić information content (AvgIpc) is 3.31. The fourth-order valence-electron chi connectivity index (χ4n) is 4.93. The summed E-state index contributed by atoms with van der Waals surface area (Å²) < 4.78 is 0. The number of aliphatic imine (C=N–C) groups is 3. The van der Waals surface area contributed by atoms with Gasteiger partial charge in [0.25, 0.3) is 11.8 Å². The highest BCUT2D eigenvalue weighted by Crippen LogP contribution is 2.44. The molecule has 4 aliphatic heterocycles. The molecular formula is C23H26N10O5. The largest absolute Gasteiger partial charge is 0.370 e. The SMILES string of the molecule is C=C1C=C(C(=O)NC[C@@H]2N=C(N)N3CC(NC(=O)c4cccc(C)c4)C(O)(O)[C@@]34N=C(N)N=C24)NC(=O)N1. The van der Waals surface area contributed by atoms with Crippen molar-refractivity contribution in [2.75, 3.05) is 13.1 Å². The number of nitrogens with zero attached hydrogens (tertiary/aromatic N) is 4. The van der Waals surface area contributed by atoms with Gasteiger partial charge in [-0.05, 0) is 25.1 Å². The number of carbonyl (C=O) groups is 3. The third-order valence-electron chi connectivity index (χ3n) is 6.63. The van der Waals surface area contributed by atoms with Crippen molar-refractivity contribution in [3.05, 3.63) is 59.4 Å². The minimum atomic E-state index is -2.71. The zero-order valence-electron chi connectivity index (χ0n) is 20.2. The highest BCUT2D eigenvalue weighted by atomic mass is 16.5. The normalized spacial score (nSPS) is 27.1. The van der Waals surface area contributed by atoms with Crippen LogP contribution in [-0.4, -0.2) is 87.2 Å². The van der Waals surface area contributed by atoms with E-state index < -0.39 is 41.4 Å². The maximum atomic E-state index is 12.9. The molecule has 1 aromatic carbocycles. The second-order valence-electron chi connectivity index (χ2n) is 9.25. The first-order chi connectivity index (χ1) is 17.9. The molecule has 3 atom stereocenters. The van der Waals surface area contributed by atoms with E-state index in [1.165, 1.54) is 11.0 Å². The number of benzene rings is 1. The average molecular weight is 523 g/mol. The van der Waals surface area contributed by atoms with Gasteiger partial charge >= 0.3 is 6.03 Å². The van der Waals surface area contributed by atoms with Crippen LogP contribution in [0.25, 0.3) is 0 Å². The quantitative estimate of drug-likeness (QED) is 0.186. The van der Waals surface area contributed by atoms with Gasteiger partial charge in [-0.15, -0.1) is 0 Å². The van der Waals surface area contributed by atoms with Crippen molar-refractivity contribution in [3.8, 4) is 0 Å². The molecule has 1 saturated heterocycles. The molecule has 10 N–H and O–H groups in total. The lowest BCUT2D eigenvalue weighted by atomic mass is 9.87. The molecule has 1 fully saturated rings. The first-order valence-electron chi connectivity index (χ1n) is 11.6. The van der Waals surface area contributed by atoms with Gasteiger partial charge in [0.1, 0.15) is 23.5 Å². The molecule has 0 aliphatic carbocycles. The van der Waals surface area contributed by atoms with Crippen LogP contribution in [0.3, 0.4) is 0 Å². The van der Waals surface area contributed by atoms with Crippen LogP contribution in [0.2, 0.25) is 0 Å². The van der Waals surface area contributed by atoms with Crippen molar-refractivity contribution >= 4 is 35.5 Å². The molecule has 0 aromatic heterocycles. The summed E-state index contributed by atoms with van der Waals surface area (Å²) in [5.41, 5.74) is 11.5. The van der Waals surface area contributed by atoms with Gasteiger partial charge in [0.2, 0.25) is 17.4 Å². The van der Waals surface area contributed by atoms with Crippen LogP contribution >= 0.6 is 0 Å². The van der Waals surface area contributed by atoms with E-state index in [2.05, 4.69) is 42.8 Å². The Hall–Kier alpha value is -4.76. The Kier molecular flexibility index (Phi) is 5.68. The van der Waals surface area contributed by atoms with Gasteiger partial charge in [0.05, 0.1) is 0 Å². The predicted molar refractivity (Wildman–Crippen MR) is 135 cm³/mol. The number of aliphatic hydroxyl groups is 2. The molecule has 198 valence electrons. The number of carbonyl (C=O) groups excluding carboxylic acids is 3. The summed E-state index contributed by atoms with van der Waals surface area (Å²) in [6.45, 7) is 5.08. The molecule has 5 rings (SSSR count). The van der Waals surface area contributed by atoms with E-state index in [0.717, 1.165) is 5.56 Å². The number of amides is 4. The summed E-state index contributed by atoms with van der Waals surface area (Å²) in [6.07, 6.45) is 1.34. The Labute approximate surface area is 216 Å². The van der Waals surface area contributed by atoms with Crippen LogP contribution < -0.4 is 32.7 Å². The molecule has 0 saturated carbocycles. The Balaban J connectivity index is 1.40. The Morgan fingerprint density at radius 2 is 2.03 bits per heavy atom. The molecule has 38 heavy (non-hydrogen) atoms. The lowest BCUT2D eigenvalue weighted by Gasteiger charge is -2.44. The van der Waals surface area contributed by atoms with E-state index in [4.69, 9.17) is 11.5 Å². The maximum absolute atomic E-state index is 12.9. The number of nitrogens with one attached hydrogen (secondary N) is 4. The topological polar surface area (TPSA) is 232 Å². The predicted octanol–water partition coefficient (Wildman–Crippen LogP) is -2.92. The molecule has 1 aromatic rings. The molecule has 4 heterocycles. The standard InChI is InChI=1S/C23H26N10O5/c1-10-4-3-5-12(6-10)17(34)30-15-9-33-20(25)28-14(16-22(33,23(15,37)38)32-19(24)31-16)8-26-18(35)13-7-11(2)27-21(36)29-13/h3-7,14-15,37-38H,2,8-9H2,1H3,(H2,24,32)(H2,25,28)(H,26,35)(H,30,34)(H2,27,29,36)/t14-,15?,22-/m0/s1. The number of allylic oxidation sites excluding steroid dienone is 1. The van der Waals surface area contributed by atoms with E-state index in [1.54, 1.807) is 18.2 Å². The van der Waals surface area contributed by atoms with E-state index in [9.17, 15) is 24.6 Å². The minimum Gasteiger partial charge on any atom is -0.370 e. The van der Waals surface area contributed by atoms with E-state index in [0.29, 0.717) is 5.56 Å². The highest BCUT2D eigenvalue weighted by molar-refractivity contribution is 6.15. The molecule has 4 amide bonds.